The molecule has 0 N–H and O–H groups in total. The van der Waals surface area contributed by atoms with E-state index in [0.29, 0.717) is 18.5 Å². The molecule has 2 aromatic rings. The van der Waals surface area contributed by atoms with Crippen molar-refractivity contribution >= 4 is 32.4 Å². The third-order valence-electron chi connectivity index (χ3n) is 7.49. The molecule has 0 aromatic heterocycles. The number of fused-ring (bicyclic) bond motifs is 1. The monoisotopic (exact) mass is 546 g/mol. The van der Waals surface area contributed by atoms with Gasteiger partial charge in [0, 0.05) is 0 Å². The first-order valence-electron chi connectivity index (χ1n) is 11.6. The second-order valence-corrected chi connectivity index (χ2v) is 16.7. The number of rotatable bonds is 4. The Kier molecular flexibility index (Phi) is 10.7. The van der Waals surface area contributed by atoms with Crippen molar-refractivity contribution in [1.82, 2.24) is 4.57 Å². The molecule has 0 bridgehead atoms. The van der Waals surface area contributed by atoms with Crippen LogP contribution in [0.4, 0.5) is 0 Å². The first-order chi connectivity index (χ1) is 16.1. The van der Waals surface area contributed by atoms with Gasteiger partial charge in [0.1, 0.15) is 8.24 Å². The molecule has 2 aromatic carbocycles. The molecule has 7 heteroatoms. The Morgan fingerprint density at radius 3 is 2.26 bits per heavy atom. The first-order valence-corrected chi connectivity index (χ1v) is 18.9. The minimum absolute atomic E-state index is 0. The summed E-state index contributed by atoms with van der Waals surface area (Å²) in [5, 5.41) is 9.13. The standard InChI is InChI=1S/C26H31N3Si.CH3.2ClH.Ti/c1-30(2,29-18-27-17-28-19-29)26-15-14-24-23(12-7-13-25(24)26)22-11-6-10-21(16-22)20-8-4-3-5-9-20;;;;/h3-13,16,24-26H,14-15,17-19H2,1-2H3;1H3;2*1H;/q-2;-1;;;+6/p-2. The zero-order valence-electron chi connectivity index (χ0n) is 20.3. The molecular weight excluding hydrogens is 513 g/mol. The summed E-state index contributed by atoms with van der Waals surface area (Å²) in [6.45, 7) is 7.52. The van der Waals surface area contributed by atoms with Gasteiger partial charge in [-0.1, -0.05) is 86.3 Å². The van der Waals surface area contributed by atoms with Crippen molar-refractivity contribution < 1.29 is 17.0 Å². The van der Waals surface area contributed by atoms with E-state index in [2.05, 4.69) is 101 Å². The molecule has 0 spiro atoms. The van der Waals surface area contributed by atoms with Gasteiger partial charge in [-0.2, -0.15) is 0 Å². The van der Waals surface area contributed by atoms with Crippen LogP contribution in [-0.4, -0.2) is 32.8 Å². The Morgan fingerprint density at radius 1 is 0.912 bits per heavy atom. The quantitative estimate of drug-likeness (QED) is 0.278. The van der Waals surface area contributed by atoms with Crippen LogP contribution in [0.5, 0.6) is 0 Å². The molecule has 3 nitrogen and oxygen atoms in total. The Bertz CT molecular complexity index is 977. The zero-order chi connectivity index (χ0) is 23.3. The van der Waals surface area contributed by atoms with Crippen molar-refractivity contribution in [2.75, 3.05) is 20.0 Å². The number of allylic oxidation sites excluding steroid dienone is 4. The number of hydrogen-bond donors (Lipinski definition) is 0. The van der Waals surface area contributed by atoms with E-state index in [-0.39, 0.29) is 7.43 Å². The SMILES string of the molecule is C[Si](C)(C1CCC2C(c3cccc(-c4ccccc4)c3)=CC=CC21)N1C[N-]C[N-]C1.[CH3-].[Cl][Ti+4][Cl]. The fraction of sp³-hybridized carbons (Fsp3) is 0.370. The van der Waals surface area contributed by atoms with Crippen LogP contribution in [0.2, 0.25) is 18.6 Å². The van der Waals surface area contributed by atoms with Gasteiger partial charge in [0.15, 0.2) is 0 Å². The van der Waals surface area contributed by atoms with E-state index in [4.69, 9.17) is 18.6 Å². The molecule has 1 aliphatic heterocycles. The van der Waals surface area contributed by atoms with E-state index < -0.39 is 25.3 Å². The molecule has 0 radical (unpaired) electrons. The molecule has 1 saturated carbocycles. The molecule has 2 fully saturated rings. The number of halogens is 2. The average Bonchev–Trinajstić information content (AvgIpc) is 3.31. The number of hydrogen-bond acceptors (Lipinski definition) is 1. The summed E-state index contributed by atoms with van der Waals surface area (Å²) in [4.78, 5) is 0. The Morgan fingerprint density at radius 2 is 1.56 bits per heavy atom. The van der Waals surface area contributed by atoms with Gasteiger partial charge in [0.25, 0.3) is 0 Å². The van der Waals surface area contributed by atoms with Crippen molar-refractivity contribution in [2.24, 2.45) is 11.8 Å². The van der Waals surface area contributed by atoms with E-state index in [0.717, 1.165) is 18.9 Å². The maximum absolute atomic E-state index is 4.89. The van der Waals surface area contributed by atoms with Crippen LogP contribution in [0.1, 0.15) is 18.4 Å². The summed E-state index contributed by atoms with van der Waals surface area (Å²) in [5.41, 5.74) is 6.28. The van der Waals surface area contributed by atoms with Gasteiger partial charge in [-0.25, -0.2) is 0 Å². The van der Waals surface area contributed by atoms with Gasteiger partial charge in [-0.15, -0.1) is 13.3 Å². The van der Waals surface area contributed by atoms with Crippen molar-refractivity contribution in [1.29, 1.82) is 0 Å². The number of nitrogens with zero attached hydrogens (tertiary/aromatic N) is 3. The normalized spacial score (nSPS) is 24.5. The van der Waals surface area contributed by atoms with Crippen LogP contribution in [0, 0.1) is 19.3 Å². The third-order valence-corrected chi connectivity index (χ3v) is 11.9. The predicted octanol–water partition coefficient (Wildman–Crippen LogP) is 8.67. The van der Waals surface area contributed by atoms with Crippen molar-refractivity contribution in [2.45, 2.75) is 31.5 Å². The van der Waals surface area contributed by atoms with Crippen LogP contribution in [0.3, 0.4) is 0 Å². The molecule has 1 saturated heterocycles. The molecule has 34 heavy (non-hydrogen) atoms. The molecule has 3 unspecified atom stereocenters. The van der Waals surface area contributed by atoms with Gasteiger partial charge >= 0.3 is 35.6 Å². The Labute approximate surface area is 223 Å². The molecule has 0 amide bonds. The fourth-order valence-corrected chi connectivity index (χ4v) is 9.31. The van der Waals surface area contributed by atoms with Gasteiger partial charge in [0.2, 0.25) is 0 Å². The van der Waals surface area contributed by atoms with E-state index in [1.165, 1.54) is 35.1 Å². The zero-order valence-corrected chi connectivity index (χ0v) is 24.4. The Balaban J connectivity index is 0.000000771. The van der Waals surface area contributed by atoms with Crippen LogP contribution >= 0.6 is 18.6 Å². The van der Waals surface area contributed by atoms with Gasteiger partial charge in [-0.3, -0.25) is 6.67 Å². The van der Waals surface area contributed by atoms with E-state index in [1.54, 1.807) is 0 Å². The summed E-state index contributed by atoms with van der Waals surface area (Å²) < 4.78 is 2.60. The van der Waals surface area contributed by atoms with Crippen LogP contribution in [-0.2, 0) is 17.0 Å². The van der Waals surface area contributed by atoms with Gasteiger partial charge in [0.05, 0.1) is 0 Å². The molecule has 1 heterocycles. The average molecular weight is 547 g/mol. The van der Waals surface area contributed by atoms with E-state index in [9.17, 15) is 0 Å². The molecule has 2 aliphatic carbocycles. The molecule has 3 atom stereocenters. The van der Waals surface area contributed by atoms with E-state index in [1.807, 2.05) is 0 Å². The predicted molar refractivity (Wildman–Crippen MR) is 148 cm³/mol. The van der Waals surface area contributed by atoms with Gasteiger partial charge in [-0.05, 0) is 52.1 Å². The number of benzene rings is 2. The molecule has 3 aliphatic rings. The second-order valence-electron chi connectivity index (χ2n) is 9.46. The maximum atomic E-state index is 4.89. The second kappa shape index (κ2) is 13.0. The Hall–Kier alpha value is -0.689. The summed E-state index contributed by atoms with van der Waals surface area (Å²) in [7, 11) is 8.17. The molecule has 178 valence electrons. The summed E-state index contributed by atoms with van der Waals surface area (Å²) >= 11 is -0.556. The van der Waals surface area contributed by atoms with Gasteiger partial charge < -0.3 is 22.6 Å². The first kappa shape index (κ1) is 27.9. The third kappa shape index (κ3) is 6.16. The molecular formula is C27H34Cl2N3SiTi+. The summed E-state index contributed by atoms with van der Waals surface area (Å²) in [5.74, 6) is 1.28. The fourth-order valence-electron chi connectivity index (χ4n) is 5.76. The van der Waals surface area contributed by atoms with Crippen molar-refractivity contribution in [3.05, 3.63) is 96.4 Å². The summed E-state index contributed by atoms with van der Waals surface area (Å²) in [6, 6.07) is 19.8. The van der Waals surface area contributed by atoms with Crippen LogP contribution in [0.15, 0.2) is 72.8 Å². The van der Waals surface area contributed by atoms with Crippen LogP contribution in [0.25, 0.3) is 27.3 Å². The molecule has 5 rings (SSSR count). The van der Waals surface area contributed by atoms with E-state index >= 15 is 0 Å². The summed E-state index contributed by atoms with van der Waals surface area (Å²) in [6.07, 6.45) is 9.80. The minimum atomic E-state index is -1.60. The van der Waals surface area contributed by atoms with Crippen molar-refractivity contribution in [3.63, 3.8) is 0 Å². The van der Waals surface area contributed by atoms with Crippen molar-refractivity contribution in [3.8, 4) is 11.1 Å². The topological polar surface area (TPSA) is 31.4 Å². The van der Waals surface area contributed by atoms with Crippen LogP contribution < -0.4 is 0 Å².